The van der Waals surface area contributed by atoms with E-state index in [-0.39, 0.29) is 15.6 Å². The molecule has 7 nitrogen and oxygen atoms in total. The predicted molar refractivity (Wildman–Crippen MR) is 103 cm³/mol. The van der Waals surface area contributed by atoms with E-state index in [0.29, 0.717) is 10.2 Å². The summed E-state index contributed by atoms with van der Waals surface area (Å²) in [7, 11) is -1.49. The molecule has 1 atom stereocenters. The molecule has 2 aromatic rings. The number of benzene rings is 2. The van der Waals surface area contributed by atoms with Gasteiger partial charge in [0, 0.05) is 12.7 Å². The van der Waals surface area contributed by atoms with Crippen molar-refractivity contribution >= 4 is 33.2 Å². The van der Waals surface area contributed by atoms with Gasteiger partial charge in [-0.2, -0.15) is 0 Å². The Bertz CT molecular complexity index is 916. The molecule has 0 saturated carbocycles. The van der Waals surface area contributed by atoms with E-state index in [9.17, 15) is 13.2 Å². The molecule has 0 aliphatic rings. The molecule has 2 aromatic carbocycles. The molecule has 0 unspecified atom stereocenters. The van der Waals surface area contributed by atoms with Crippen LogP contribution in [-0.4, -0.2) is 39.1 Å². The minimum atomic E-state index is -3.95. The Morgan fingerprint density at radius 1 is 1.19 bits per heavy atom. The van der Waals surface area contributed by atoms with Crippen molar-refractivity contribution in [3.05, 3.63) is 53.1 Å². The molecule has 146 valence electrons. The molecule has 0 bridgehead atoms. The highest BCUT2D eigenvalue weighted by molar-refractivity contribution is 7.89. The average Bonchev–Trinajstić information content (AvgIpc) is 2.64. The molecule has 1 amide bonds. The number of hydrogen-bond acceptors (Lipinski definition) is 5. The van der Waals surface area contributed by atoms with E-state index in [1.54, 1.807) is 19.1 Å². The zero-order valence-corrected chi connectivity index (χ0v) is 17.0. The van der Waals surface area contributed by atoms with Crippen molar-refractivity contribution < 1.29 is 22.8 Å². The number of anilines is 1. The Labute approximate surface area is 163 Å². The lowest BCUT2D eigenvalue weighted by Gasteiger charge is -2.17. The number of hydroxylamine groups is 1. The van der Waals surface area contributed by atoms with Crippen LogP contribution in [0.4, 0.5) is 5.69 Å². The third kappa shape index (κ3) is 5.20. The summed E-state index contributed by atoms with van der Waals surface area (Å²) in [6.07, 6.45) is -0.787. The van der Waals surface area contributed by atoms with Gasteiger partial charge in [-0.05, 0) is 44.2 Å². The number of nitrogens with one attached hydrogen (secondary N) is 1. The van der Waals surface area contributed by atoms with Crippen molar-refractivity contribution in [1.29, 1.82) is 0 Å². The molecule has 2 rings (SSSR count). The maximum atomic E-state index is 12.4. The number of aryl methyl sites for hydroxylation is 1. The van der Waals surface area contributed by atoms with Gasteiger partial charge in [-0.25, -0.2) is 8.42 Å². The Kier molecular flexibility index (Phi) is 6.83. The van der Waals surface area contributed by atoms with Gasteiger partial charge in [0.2, 0.25) is 0 Å². The molecule has 9 heteroatoms. The van der Waals surface area contributed by atoms with Crippen LogP contribution < -0.4 is 10.1 Å². The monoisotopic (exact) mass is 412 g/mol. The molecule has 0 heterocycles. The van der Waals surface area contributed by atoms with Gasteiger partial charge in [-0.15, -0.1) is 0 Å². The number of carbonyl (C=O) groups excluding carboxylic acids is 1. The standard InChI is InChI=1S/C18H21ClN2O5S/c1-12-5-8-15(9-6-12)26-13(2)18(22)20-14-7-10-16(19)17(11-14)27(23,24)21(3)25-4/h5-11,13H,1-4H3,(H,20,22)/t13-/m1/s1. The number of hydrogen-bond donors (Lipinski definition) is 1. The first kappa shape index (κ1) is 21.2. The lowest BCUT2D eigenvalue weighted by molar-refractivity contribution is -0.122. The quantitative estimate of drug-likeness (QED) is 0.705. The summed E-state index contributed by atoms with van der Waals surface area (Å²) in [5.41, 5.74) is 1.35. The van der Waals surface area contributed by atoms with Crippen LogP contribution >= 0.6 is 11.6 Å². The van der Waals surface area contributed by atoms with E-state index in [1.807, 2.05) is 19.1 Å². The normalized spacial score (nSPS) is 12.7. The zero-order valence-electron chi connectivity index (χ0n) is 15.4. The van der Waals surface area contributed by atoms with Crippen LogP contribution in [0.25, 0.3) is 0 Å². The summed E-state index contributed by atoms with van der Waals surface area (Å²) < 4.78 is 31.1. The first-order valence-electron chi connectivity index (χ1n) is 8.02. The molecule has 27 heavy (non-hydrogen) atoms. The smallest absolute Gasteiger partial charge is 0.266 e. The zero-order chi connectivity index (χ0) is 20.2. The molecule has 0 aliphatic heterocycles. The third-order valence-corrected chi connectivity index (χ3v) is 5.94. The second-order valence-electron chi connectivity index (χ2n) is 5.80. The van der Waals surface area contributed by atoms with Gasteiger partial charge in [0.1, 0.15) is 10.6 Å². The molecular formula is C18H21ClN2O5S. The van der Waals surface area contributed by atoms with Crippen LogP contribution in [0.1, 0.15) is 12.5 Å². The number of amides is 1. The van der Waals surface area contributed by atoms with Crippen molar-refractivity contribution in [3.63, 3.8) is 0 Å². The molecular weight excluding hydrogens is 392 g/mol. The third-order valence-electron chi connectivity index (χ3n) is 3.78. The van der Waals surface area contributed by atoms with Gasteiger partial charge >= 0.3 is 0 Å². The van der Waals surface area contributed by atoms with Gasteiger partial charge in [0.05, 0.1) is 12.1 Å². The molecule has 0 aromatic heterocycles. The van der Waals surface area contributed by atoms with Crippen LogP contribution in [0.2, 0.25) is 5.02 Å². The molecule has 0 aliphatic carbocycles. The van der Waals surface area contributed by atoms with Gasteiger partial charge in [-0.1, -0.05) is 33.8 Å². The fraction of sp³-hybridized carbons (Fsp3) is 0.278. The Morgan fingerprint density at radius 3 is 2.41 bits per heavy atom. The van der Waals surface area contributed by atoms with Crippen LogP contribution in [0.3, 0.4) is 0 Å². The summed E-state index contributed by atoms with van der Waals surface area (Å²) in [4.78, 5) is 16.9. The number of ether oxygens (including phenoxy) is 1. The highest BCUT2D eigenvalue weighted by Gasteiger charge is 2.25. The number of nitrogens with zero attached hydrogens (tertiary/aromatic N) is 1. The van der Waals surface area contributed by atoms with Crippen LogP contribution in [0.5, 0.6) is 5.75 Å². The van der Waals surface area contributed by atoms with Crippen LogP contribution in [0.15, 0.2) is 47.4 Å². The number of rotatable bonds is 7. The van der Waals surface area contributed by atoms with Gasteiger partial charge in [0.15, 0.2) is 6.10 Å². The summed E-state index contributed by atoms with van der Waals surface area (Å²) in [6, 6.07) is 11.5. The second kappa shape index (κ2) is 8.71. The Hall–Kier alpha value is -2.13. The van der Waals surface area contributed by atoms with E-state index in [2.05, 4.69) is 5.32 Å². The van der Waals surface area contributed by atoms with Crippen molar-refractivity contribution in [1.82, 2.24) is 4.47 Å². The van der Waals surface area contributed by atoms with Gasteiger partial charge in [0.25, 0.3) is 15.9 Å². The molecule has 0 fully saturated rings. The fourth-order valence-electron chi connectivity index (χ4n) is 2.13. The number of sulfonamides is 1. The molecule has 1 N–H and O–H groups in total. The Balaban J connectivity index is 2.16. The second-order valence-corrected chi connectivity index (χ2v) is 8.12. The highest BCUT2D eigenvalue weighted by Crippen LogP contribution is 2.27. The lowest BCUT2D eigenvalue weighted by atomic mass is 10.2. The van der Waals surface area contributed by atoms with E-state index >= 15 is 0 Å². The van der Waals surface area contributed by atoms with E-state index in [4.69, 9.17) is 21.2 Å². The summed E-state index contributed by atoms with van der Waals surface area (Å²) in [6.45, 7) is 3.55. The first-order valence-corrected chi connectivity index (χ1v) is 9.83. The topological polar surface area (TPSA) is 84.9 Å². The van der Waals surface area contributed by atoms with E-state index < -0.39 is 22.0 Å². The lowest BCUT2D eigenvalue weighted by Crippen LogP contribution is -2.30. The van der Waals surface area contributed by atoms with E-state index in [1.165, 1.54) is 32.4 Å². The van der Waals surface area contributed by atoms with Gasteiger partial charge in [-0.3, -0.25) is 9.63 Å². The van der Waals surface area contributed by atoms with Crippen molar-refractivity contribution in [2.75, 3.05) is 19.5 Å². The van der Waals surface area contributed by atoms with Crippen LogP contribution in [0, 0.1) is 6.92 Å². The van der Waals surface area contributed by atoms with Crippen molar-refractivity contribution in [2.45, 2.75) is 24.8 Å². The highest BCUT2D eigenvalue weighted by atomic mass is 35.5. The largest absolute Gasteiger partial charge is 0.481 e. The van der Waals surface area contributed by atoms with Crippen molar-refractivity contribution in [2.24, 2.45) is 0 Å². The minimum Gasteiger partial charge on any atom is -0.481 e. The maximum Gasteiger partial charge on any atom is 0.266 e. The summed E-state index contributed by atoms with van der Waals surface area (Å²) in [5.74, 6) is 0.130. The van der Waals surface area contributed by atoms with Crippen LogP contribution in [-0.2, 0) is 19.7 Å². The van der Waals surface area contributed by atoms with Crippen molar-refractivity contribution in [3.8, 4) is 5.75 Å². The fourth-order valence-corrected chi connectivity index (χ4v) is 3.61. The maximum absolute atomic E-state index is 12.4. The Morgan fingerprint density at radius 2 is 1.81 bits per heavy atom. The predicted octanol–water partition coefficient (Wildman–Crippen LogP) is 3.24. The summed E-state index contributed by atoms with van der Waals surface area (Å²) >= 11 is 6.00. The molecule has 0 spiro atoms. The number of carbonyl (C=O) groups is 1. The molecule has 0 radical (unpaired) electrons. The molecule has 0 saturated heterocycles. The minimum absolute atomic E-state index is 0.0147. The average molecular weight is 413 g/mol. The number of halogens is 1. The SMILES string of the molecule is CON(C)S(=O)(=O)c1cc(NC(=O)[C@@H](C)Oc2ccc(C)cc2)ccc1Cl. The van der Waals surface area contributed by atoms with Gasteiger partial charge < -0.3 is 10.1 Å². The van der Waals surface area contributed by atoms with E-state index in [0.717, 1.165) is 5.56 Å². The first-order chi connectivity index (χ1) is 12.6. The summed E-state index contributed by atoms with van der Waals surface area (Å²) in [5, 5.41) is 2.64.